The zero-order valence-electron chi connectivity index (χ0n) is 13.5. The SMILES string of the molecule is COC(=O)C[C@H](NC(=O)COc1ccc(OC)cc1)c1cccs1. The van der Waals surface area contributed by atoms with Gasteiger partial charge in [-0.3, -0.25) is 9.59 Å². The number of benzene rings is 1. The van der Waals surface area contributed by atoms with Crippen LogP contribution in [-0.2, 0) is 14.3 Å². The van der Waals surface area contributed by atoms with Crippen molar-refractivity contribution in [2.24, 2.45) is 0 Å². The first-order valence-corrected chi connectivity index (χ1v) is 8.16. The van der Waals surface area contributed by atoms with Crippen LogP contribution >= 0.6 is 11.3 Å². The number of rotatable bonds is 8. The lowest BCUT2D eigenvalue weighted by molar-refractivity contribution is -0.141. The van der Waals surface area contributed by atoms with Gasteiger partial charge in [-0.15, -0.1) is 11.3 Å². The zero-order chi connectivity index (χ0) is 17.4. The highest BCUT2D eigenvalue weighted by molar-refractivity contribution is 7.10. The third-order valence-electron chi connectivity index (χ3n) is 3.25. The fourth-order valence-electron chi connectivity index (χ4n) is 2.02. The van der Waals surface area contributed by atoms with Crippen molar-refractivity contribution in [3.05, 3.63) is 46.7 Å². The normalized spacial score (nSPS) is 11.4. The Bertz CT molecular complexity index is 654. The number of thiophene rings is 1. The molecule has 0 saturated heterocycles. The fourth-order valence-corrected chi connectivity index (χ4v) is 2.80. The molecule has 1 aromatic carbocycles. The van der Waals surface area contributed by atoms with Crippen LogP contribution in [0.15, 0.2) is 41.8 Å². The van der Waals surface area contributed by atoms with Gasteiger partial charge >= 0.3 is 5.97 Å². The molecule has 0 aliphatic rings. The summed E-state index contributed by atoms with van der Waals surface area (Å²) in [6.45, 7) is -0.143. The summed E-state index contributed by atoms with van der Waals surface area (Å²) in [5, 5.41) is 4.69. The molecule has 0 unspecified atom stereocenters. The van der Waals surface area contributed by atoms with Gasteiger partial charge in [0.15, 0.2) is 6.61 Å². The van der Waals surface area contributed by atoms with Gasteiger partial charge in [-0.1, -0.05) is 6.07 Å². The van der Waals surface area contributed by atoms with E-state index in [0.717, 1.165) is 4.88 Å². The van der Waals surface area contributed by atoms with Crippen LogP contribution in [0, 0.1) is 0 Å². The van der Waals surface area contributed by atoms with Crippen molar-refractivity contribution in [3.8, 4) is 11.5 Å². The molecule has 1 aromatic heterocycles. The molecule has 2 rings (SSSR count). The molecular weight excluding hydrogens is 330 g/mol. The van der Waals surface area contributed by atoms with E-state index in [2.05, 4.69) is 10.1 Å². The topological polar surface area (TPSA) is 73.9 Å². The molecule has 0 radical (unpaired) electrons. The quantitative estimate of drug-likeness (QED) is 0.742. The predicted molar refractivity (Wildman–Crippen MR) is 90.3 cm³/mol. The second kappa shape index (κ2) is 8.93. The standard InChI is InChI=1S/C17H19NO5S/c1-21-12-5-7-13(8-6-12)23-11-16(19)18-14(10-17(20)22-2)15-4-3-9-24-15/h3-9,14H,10-11H2,1-2H3,(H,18,19)/t14-/m0/s1. The molecular formula is C17H19NO5S. The largest absolute Gasteiger partial charge is 0.497 e. The summed E-state index contributed by atoms with van der Waals surface area (Å²) < 4.78 is 15.2. The number of hydrogen-bond acceptors (Lipinski definition) is 6. The molecule has 2 aromatic rings. The van der Waals surface area contributed by atoms with E-state index in [1.807, 2.05) is 17.5 Å². The molecule has 0 fully saturated rings. The lowest BCUT2D eigenvalue weighted by Gasteiger charge is -2.16. The summed E-state index contributed by atoms with van der Waals surface area (Å²) in [5.74, 6) is 0.576. The van der Waals surface area contributed by atoms with Gasteiger partial charge in [-0.05, 0) is 35.7 Å². The molecule has 0 saturated carbocycles. The monoisotopic (exact) mass is 349 g/mol. The van der Waals surface area contributed by atoms with Gasteiger partial charge in [0.05, 0.1) is 26.7 Å². The Balaban J connectivity index is 1.90. The van der Waals surface area contributed by atoms with Crippen molar-refractivity contribution < 1.29 is 23.8 Å². The van der Waals surface area contributed by atoms with Crippen molar-refractivity contribution in [2.45, 2.75) is 12.5 Å². The van der Waals surface area contributed by atoms with Crippen LogP contribution in [0.2, 0.25) is 0 Å². The minimum Gasteiger partial charge on any atom is -0.497 e. The van der Waals surface area contributed by atoms with Crippen LogP contribution in [0.25, 0.3) is 0 Å². The first kappa shape index (κ1) is 17.8. The second-order valence-corrected chi connectivity index (χ2v) is 5.86. The van der Waals surface area contributed by atoms with Crippen molar-refractivity contribution in [1.29, 1.82) is 0 Å². The third kappa shape index (κ3) is 5.27. The third-order valence-corrected chi connectivity index (χ3v) is 4.24. The van der Waals surface area contributed by atoms with Crippen LogP contribution in [0.3, 0.4) is 0 Å². The summed E-state index contributed by atoms with van der Waals surface area (Å²) in [6.07, 6.45) is 0.0747. The van der Waals surface area contributed by atoms with E-state index >= 15 is 0 Å². The Hall–Kier alpha value is -2.54. The maximum atomic E-state index is 12.1. The number of carbonyl (C=O) groups is 2. The van der Waals surface area contributed by atoms with Gasteiger partial charge < -0.3 is 19.5 Å². The number of nitrogens with one attached hydrogen (secondary N) is 1. The Morgan fingerprint density at radius 3 is 2.42 bits per heavy atom. The summed E-state index contributed by atoms with van der Waals surface area (Å²) in [6, 6.07) is 10.2. The minimum atomic E-state index is -0.426. The second-order valence-electron chi connectivity index (χ2n) is 4.88. The van der Waals surface area contributed by atoms with E-state index in [4.69, 9.17) is 9.47 Å². The molecule has 0 aliphatic heterocycles. The highest BCUT2D eigenvalue weighted by Crippen LogP contribution is 2.22. The summed E-state index contributed by atoms with van der Waals surface area (Å²) in [7, 11) is 2.90. The molecule has 24 heavy (non-hydrogen) atoms. The maximum absolute atomic E-state index is 12.1. The summed E-state index contributed by atoms with van der Waals surface area (Å²) in [4.78, 5) is 24.5. The molecule has 0 spiro atoms. The Kier molecular flexibility index (Phi) is 6.62. The fraction of sp³-hybridized carbons (Fsp3) is 0.294. The molecule has 1 N–H and O–H groups in total. The van der Waals surface area contributed by atoms with Gasteiger partial charge in [-0.25, -0.2) is 0 Å². The van der Waals surface area contributed by atoms with Gasteiger partial charge in [0.2, 0.25) is 0 Å². The average Bonchev–Trinajstić information content (AvgIpc) is 3.14. The van der Waals surface area contributed by atoms with Crippen LogP contribution < -0.4 is 14.8 Å². The Morgan fingerprint density at radius 1 is 1.12 bits per heavy atom. The molecule has 0 bridgehead atoms. The summed E-state index contributed by atoms with van der Waals surface area (Å²) in [5.41, 5.74) is 0. The zero-order valence-corrected chi connectivity index (χ0v) is 14.3. The lowest BCUT2D eigenvalue weighted by atomic mass is 10.1. The lowest BCUT2D eigenvalue weighted by Crippen LogP contribution is -2.33. The smallest absolute Gasteiger partial charge is 0.307 e. The van der Waals surface area contributed by atoms with Gasteiger partial charge in [0.1, 0.15) is 11.5 Å². The number of carbonyl (C=O) groups excluding carboxylic acids is 2. The summed E-state index contributed by atoms with van der Waals surface area (Å²) >= 11 is 1.47. The van der Waals surface area contributed by atoms with Crippen molar-refractivity contribution >= 4 is 23.2 Å². The van der Waals surface area contributed by atoms with E-state index in [9.17, 15) is 9.59 Å². The van der Waals surface area contributed by atoms with Gasteiger partial charge in [0.25, 0.3) is 5.91 Å². The Labute approximate surface area is 144 Å². The van der Waals surface area contributed by atoms with Crippen LogP contribution in [0.1, 0.15) is 17.3 Å². The number of esters is 1. The molecule has 1 heterocycles. The van der Waals surface area contributed by atoms with Crippen molar-refractivity contribution in [2.75, 3.05) is 20.8 Å². The highest BCUT2D eigenvalue weighted by Gasteiger charge is 2.20. The van der Waals surface area contributed by atoms with Crippen molar-refractivity contribution in [1.82, 2.24) is 5.32 Å². The van der Waals surface area contributed by atoms with Gasteiger partial charge in [0, 0.05) is 4.88 Å². The molecule has 6 nitrogen and oxygen atoms in total. The first-order chi connectivity index (χ1) is 11.6. The number of methoxy groups -OCH3 is 2. The van der Waals surface area contributed by atoms with E-state index < -0.39 is 6.04 Å². The molecule has 128 valence electrons. The minimum absolute atomic E-state index is 0.0747. The molecule has 1 amide bonds. The highest BCUT2D eigenvalue weighted by atomic mass is 32.1. The van der Waals surface area contributed by atoms with Crippen molar-refractivity contribution in [3.63, 3.8) is 0 Å². The van der Waals surface area contributed by atoms with Crippen LogP contribution in [-0.4, -0.2) is 32.7 Å². The molecule has 7 heteroatoms. The molecule has 1 atom stereocenters. The number of ether oxygens (including phenoxy) is 3. The van der Waals surface area contributed by atoms with Crippen LogP contribution in [0.4, 0.5) is 0 Å². The first-order valence-electron chi connectivity index (χ1n) is 7.29. The van der Waals surface area contributed by atoms with E-state index in [1.54, 1.807) is 31.4 Å². The maximum Gasteiger partial charge on any atom is 0.307 e. The predicted octanol–water partition coefficient (Wildman–Crippen LogP) is 2.56. The van der Waals surface area contributed by atoms with E-state index in [0.29, 0.717) is 11.5 Å². The Morgan fingerprint density at radius 2 is 1.83 bits per heavy atom. The van der Waals surface area contributed by atoms with E-state index in [-0.39, 0.29) is 24.9 Å². The van der Waals surface area contributed by atoms with Crippen LogP contribution in [0.5, 0.6) is 11.5 Å². The number of amides is 1. The van der Waals surface area contributed by atoms with E-state index in [1.165, 1.54) is 18.4 Å². The van der Waals surface area contributed by atoms with Gasteiger partial charge in [-0.2, -0.15) is 0 Å². The molecule has 0 aliphatic carbocycles. The average molecular weight is 349 g/mol. The number of hydrogen-bond donors (Lipinski definition) is 1.